The molecule has 2 aliphatic carbocycles. The molecule has 0 atom stereocenters. The van der Waals surface area contributed by atoms with E-state index in [1.165, 1.54) is 66.8 Å². The Morgan fingerprint density at radius 2 is 0.966 bits per heavy atom. The monoisotopic (exact) mass is 372 g/mol. The van der Waals surface area contributed by atoms with E-state index in [0.29, 0.717) is 0 Å². The van der Waals surface area contributed by atoms with Gasteiger partial charge in [0.1, 0.15) is 0 Å². The predicted octanol–water partition coefficient (Wildman–Crippen LogP) is 7.04. The van der Waals surface area contributed by atoms with Crippen molar-refractivity contribution in [2.45, 2.75) is 33.1 Å². The van der Waals surface area contributed by atoms with Crippen molar-refractivity contribution >= 4 is 0 Å². The lowest BCUT2D eigenvalue weighted by molar-refractivity contribution is 1.08. The van der Waals surface area contributed by atoms with Gasteiger partial charge in [-0.25, -0.2) is 0 Å². The molecule has 4 aromatic rings. The highest BCUT2D eigenvalue weighted by atomic mass is 14.3. The Balaban J connectivity index is 1.38. The summed E-state index contributed by atoms with van der Waals surface area (Å²) in [6.07, 6.45) is 3.16. The molecule has 0 heterocycles. The van der Waals surface area contributed by atoms with Crippen molar-refractivity contribution in [2.75, 3.05) is 0 Å². The summed E-state index contributed by atoms with van der Waals surface area (Å²) < 4.78 is 0. The van der Waals surface area contributed by atoms with Crippen LogP contribution in [0, 0.1) is 13.8 Å². The van der Waals surface area contributed by atoms with Crippen molar-refractivity contribution in [2.24, 2.45) is 0 Å². The van der Waals surface area contributed by atoms with Crippen LogP contribution in [0.4, 0.5) is 0 Å². The van der Waals surface area contributed by atoms with Crippen molar-refractivity contribution in [1.82, 2.24) is 0 Å². The van der Waals surface area contributed by atoms with Gasteiger partial charge in [0.2, 0.25) is 0 Å². The first-order chi connectivity index (χ1) is 14.2. The number of benzene rings is 4. The summed E-state index contributed by atoms with van der Waals surface area (Å²) in [5, 5.41) is 0. The van der Waals surface area contributed by atoms with Crippen LogP contribution in [0.2, 0.25) is 0 Å². The molecule has 4 aromatic carbocycles. The Labute approximate surface area is 172 Å². The molecule has 0 spiro atoms. The molecule has 0 radical (unpaired) electrons. The van der Waals surface area contributed by atoms with Crippen molar-refractivity contribution in [1.29, 1.82) is 0 Å². The van der Waals surface area contributed by atoms with E-state index in [0.717, 1.165) is 19.3 Å². The molecule has 0 aliphatic heterocycles. The van der Waals surface area contributed by atoms with Gasteiger partial charge in [-0.3, -0.25) is 0 Å². The number of hydrogen-bond donors (Lipinski definition) is 0. The standard InChI is InChI=1S/C29H24/c1-18-20(11-13-26-24-9-5-3-7-22(24)16-28(18)26)15-21-12-14-27-25-10-6-4-8-23(25)17-29(27)19(21)2/h3-14H,15-17H2,1-2H3. The fourth-order valence-corrected chi connectivity index (χ4v) is 5.41. The molecule has 6 rings (SSSR count). The Bertz CT molecular complexity index is 1190. The van der Waals surface area contributed by atoms with Crippen molar-refractivity contribution in [3.05, 3.63) is 117 Å². The highest BCUT2D eigenvalue weighted by Crippen LogP contribution is 2.41. The minimum absolute atomic E-state index is 1.02. The number of rotatable bonds is 2. The SMILES string of the molecule is Cc1c(Cc2ccc3c(c2C)Cc2ccccc2-3)ccc2c1Cc1ccccc1-2. The van der Waals surface area contributed by atoms with E-state index in [1.807, 2.05) is 0 Å². The summed E-state index contributed by atoms with van der Waals surface area (Å²) in [4.78, 5) is 0. The molecule has 0 saturated carbocycles. The van der Waals surface area contributed by atoms with Crippen LogP contribution in [-0.2, 0) is 19.3 Å². The molecule has 0 heteroatoms. The Morgan fingerprint density at radius 3 is 1.45 bits per heavy atom. The minimum Gasteiger partial charge on any atom is -0.0619 e. The van der Waals surface area contributed by atoms with Crippen LogP contribution in [-0.4, -0.2) is 0 Å². The highest BCUT2D eigenvalue weighted by Gasteiger charge is 2.23. The summed E-state index contributed by atoms with van der Waals surface area (Å²) in [6, 6.07) is 27.1. The largest absolute Gasteiger partial charge is 0.0619 e. The van der Waals surface area contributed by atoms with Crippen molar-refractivity contribution in [3.8, 4) is 22.3 Å². The normalized spacial score (nSPS) is 13.0. The van der Waals surface area contributed by atoms with Crippen LogP contribution < -0.4 is 0 Å². The highest BCUT2D eigenvalue weighted by molar-refractivity contribution is 5.80. The Morgan fingerprint density at radius 1 is 0.517 bits per heavy atom. The quantitative estimate of drug-likeness (QED) is 0.306. The summed E-state index contributed by atoms with van der Waals surface area (Å²) in [7, 11) is 0. The van der Waals surface area contributed by atoms with Crippen LogP contribution in [0.1, 0.15) is 44.5 Å². The first-order valence-corrected chi connectivity index (χ1v) is 10.6. The fraction of sp³-hybridized carbons (Fsp3) is 0.172. The van der Waals surface area contributed by atoms with E-state index < -0.39 is 0 Å². The Kier molecular flexibility index (Phi) is 3.59. The summed E-state index contributed by atoms with van der Waals surface area (Å²) in [5.41, 5.74) is 17.6. The summed E-state index contributed by atoms with van der Waals surface area (Å²) in [5.74, 6) is 0. The smallest absolute Gasteiger partial charge is 0.00107 e. The van der Waals surface area contributed by atoms with Crippen LogP contribution in [0.15, 0.2) is 72.8 Å². The predicted molar refractivity (Wildman–Crippen MR) is 122 cm³/mol. The van der Waals surface area contributed by atoms with Gasteiger partial charge in [0.25, 0.3) is 0 Å². The van der Waals surface area contributed by atoms with Gasteiger partial charge in [-0.2, -0.15) is 0 Å². The average molecular weight is 373 g/mol. The summed E-state index contributed by atoms with van der Waals surface area (Å²) >= 11 is 0. The van der Waals surface area contributed by atoms with Crippen LogP contribution in [0.5, 0.6) is 0 Å². The maximum absolute atomic E-state index is 2.36. The fourth-order valence-electron chi connectivity index (χ4n) is 5.41. The lowest BCUT2D eigenvalue weighted by Gasteiger charge is -2.15. The first kappa shape index (κ1) is 16.8. The van der Waals surface area contributed by atoms with Gasteiger partial charge in [0.15, 0.2) is 0 Å². The van der Waals surface area contributed by atoms with E-state index in [2.05, 4.69) is 86.6 Å². The number of fused-ring (bicyclic) bond motifs is 6. The zero-order valence-corrected chi connectivity index (χ0v) is 17.0. The van der Waals surface area contributed by atoms with Gasteiger partial charge in [-0.15, -0.1) is 0 Å². The van der Waals surface area contributed by atoms with Crippen molar-refractivity contribution in [3.63, 3.8) is 0 Å². The zero-order chi connectivity index (χ0) is 19.5. The number of hydrogen-bond acceptors (Lipinski definition) is 0. The molecular formula is C29H24. The Hall–Kier alpha value is -3.12. The van der Waals surface area contributed by atoms with Crippen LogP contribution in [0.3, 0.4) is 0 Å². The van der Waals surface area contributed by atoms with E-state index in [9.17, 15) is 0 Å². The third-order valence-electron chi connectivity index (χ3n) is 7.15. The van der Waals surface area contributed by atoms with Gasteiger partial charge >= 0.3 is 0 Å². The molecule has 0 bridgehead atoms. The molecule has 2 aliphatic rings. The molecule has 0 saturated heterocycles. The second kappa shape index (κ2) is 6.19. The zero-order valence-electron chi connectivity index (χ0n) is 17.0. The van der Waals surface area contributed by atoms with E-state index in [1.54, 1.807) is 0 Å². The molecule has 140 valence electrons. The molecule has 0 unspecified atom stereocenters. The molecule has 0 amide bonds. The third-order valence-corrected chi connectivity index (χ3v) is 7.15. The van der Waals surface area contributed by atoms with Gasteiger partial charge in [-0.1, -0.05) is 72.8 Å². The topological polar surface area (TPSA) is 0 Å². The van der Waals surface area contributed by atoms with Gasteiger partial charge in [0, 0.05) is 0 Å². The molecular weight excluding hydrogens is 348 g/mol. The molecule has 0 nitrogen and oxygen atoms in total. The van der Waals surface area contributed by atoms with Gasteiger partial charge < -0.3 is 0 Å². The van der Waals surface area contributed by atoms with Crippen molar-refractivity contribution < 1.29 is 0 Å². The molecule has 29 heavy (non-hydrogen) atoms. The van der Waals surface area contributed by atoms with E-state index >= 15 is 0 Å². The molecule has 0 aromatic heterocycles. The second-order valence-electron chi connectivity index (χ2n) is 8.60. The van der Waals surface area contributed by atoms with Crippen LogP contribution >= 0.6 is 0 Å². The maximum atomic E-state index is 2.36. The summed E-state index contributed by atoms with van der Waals surface area (Å²) in [6.45, 7) is 4.64. The molecule has 0 N–H and O–H groups in total. The average Bonchev–Trinajstić information content (AvgIpc) is 3.31. The third kappa shape index (κ3) is 2.45. The maximum Gasteiger partial charge on any atom is -0.00107 e. The minimum atomic E-state index is 1.02. The van der Waals surface area contributed by atoms with Crippen LogP contribution in [0.25, 0.3) is 22.3 Å². The lowest BCUT2D eigenvalue weighted by atomic mass is 9.89. The van der Waals surface area contributed by atoms with E-state index in [4.69, 9.17) is 0 Å². The first-order valence-electron chi connectivity index (χ1n) is 10.6. The lowest BCUT2D eigenvalue weighted by Crippen LogP contribution is -2.00. The van der Waals surface area contributed by atoms with Gasteiger partial charge in [-0.05, 0) is 99.9 Å². The van der Waals surface area contributed by atoms with Gasteiger partial charge in [0.05, 0.1) is 0 Å². The molecule has 0 fully saturated rings. The van der Waals surface area contributed by atoms with E-state index in [-0.39, 0.29) is 0 Å². The second-order valence-corrected chi connectivity index (χ2v) is 8.60.